The molecule has 7 nitrogen and oxygen atoms in total. The number of anilines is 1. The van der Waals surface area contributed by atoms with Crippen LogP contribution in [0, 0.1) is 13.8 Å². The highest BCUT2D eigenvalue weighted by Gasteiger charge is 2.19. The van der Waals surface area contributed by atoms with Crippen molar-refractivity contribution in [2.45, 2.75) is 46.2 Å². The zero-order valence-corrected chi connectivity index (χ0v) is 18.5. The average molecular weight is 423 g/mol. The molecular formula is C24H30N4O3. The van der Waals surface area contributed by atoms with Gasteiger partial charge in [0.2, 0.25) is 0 Å². The summed E-state index contributed by atoms with van der Waals surface area (Å²) in [6, 6.07) is 11.5. The van der Waals surface area contributed by atoms with Crippen molar-refractivity contribution >= 4 is 11.6 Å². The maximum Gasteiger partial charge on any atom is 0.291 e. The van der Waals surface area contributed by atoms with E-state index in [1.54, 1.807) is 13.2 Å². The number of rotatable bonds is 7. The Morgan fingerprint density at radius 1 is 1.13 bits per heavy atom. The molecule has 3 heterocycles. The summed E-state index contributed by atoms with van der Waals surface area (Å²) in [7, 11) is 1.66. The van der Waals surface area contributed by atoms with Crippen molar-refractivity contribution < 1.29 is 13.9 Å². The summed E-state index contributed by atoms with van der Waals surface area (Å²) in [5, 5.41) is 7.60. The second-order valence-corrected chi connectivity index (χ2v) is 8.11. The number of benzene rings is 1. The van der Waals surface area contributed by atoms with Crippen LogP contribution in [0.25, 0.3) is 0 Å². The molecule has 3 aromatic rings. The predicted octanol–water partition coefficient (Wildman–Crippen LogP) is 4.39. The Morgan fingerprint density at radius 3 is 2.71 bits per heavy atom. The fourth-order valence-electron chi connectivity index (χ4n) is 4.07. The van der Waals surface area contributed by atoms with Crippen molar-refractivity contribution in [2.24, 2.45) is 0 Å². The maximum atomic E-state index is 12.8. The maximum absolute atomic E-state index is 12.8. The quantitative estimate of drug-likeness (QED) is 0.611. The number of piperidine rings is 1. The number of hydrogen-bond donors (Lipinski definition) is 1. The largest absolute Gasteiger partial charge is 0.497 e. The standard InChI is InChI=1S/C24H30N4O3/c1-17-23(18(2)28(26-17)15-19-8-7-9-20(14-19)30-3)25-24(29)22-11-10-21(31-22)16-27-12-5-4-6-13-27/h7-11,14H,4-6,12-13,15-16H2,1-3H3,(H,25,29). The zero-order valence-electron chi connectivity index (χ0n) is 18.5. The highest BCUT2D eigenvalue weighted by atomic mass is 16.5. The summed E-state index contributed by atoms with van der Waals surface area (Å²) in [5.74, 6) is 1.71. The molecule has 0 bridgehead atoms. The number of likely N-dealkylation sites (tertiary alicyclic amines) is 1. The number of aryl methyl sites for hydroxylation is 1. The van der Waals surface area contributed by atoms with Gasteiger partial charge in [-0.2, -0.15) is 5.10 Å². The van der Waals surface area contributed by atoms with Crippen LogP contribution in [0.2, 0.25) is 0 Å². The molecule has 0 unspecified atom stereocenters. The molecule has 1 aromatic carbocycles. The molecule has 0 aliphatic carbocycles. The normalized spacial score (nSPS) is 14.5. The first-order chi connectivity index (χ1) is 15.0. The summed E-state index contributed by atoms with van der Waals surface area (Å²) in [5.41, 5.74) is 3.47. The van der Waals surface area contributed by atoms with Crippen molar-refractivity contribution in [1.82, 2.24) is 14.7 Å². The molecule has 31 heavy (non-hydrogen) atoms. The molecule has 1 aliphatic rings. The van der Waals surface area contributed by atoms with Gasteiger partial charge in [0.25, 0.3) is 5.91 Å². The number of carbonyl (C=O) groups is 1. The fourth-order valence-corrected chi connectivity index (χ4v) is 4.07. The van der Waals surface area contributed by atoms with Crippen molar-refractivity contribution in [3.8, 4) is 5.75 Å². The third-order valence-electron chi connectivity index (χ3n) is 5.80. The van der Waals surface area contributed by atoms with E-state index in [-0.39, 0.29) is 5.91 Å². The molecule has 0 radical (unpaired) electrons. The Kier molecular flexibility index (Phi) is 6.42. The first-order valence-corrected chi connectivity index (χ1v) is 10.8. The average Bonchev–Trinajstić information content (AvgIpc) is 3.35. The van der Waals surface area contributed by atoms with Crippen LogP contribution in [-0.4, -0.2) is 40.8 Å². The summed E-state index contributed by atoms with van der Waals surface area (Å²) in [4.78, 5) is 15.2. The number of hydrogen-bond acceptors (Lipinski definition) is 5. The Morgan fingerprint density at radius 2 is 1.94 bits per heavy atom. The van der Waals surface area contributed by atoms with E-state index in [1.807, 2.05) is 48.9 Å². The van der Waals surface area contributed by atoms with E-state index in [1.165, 1.54) is 19.3 Å². The molecule has 1 N–H and O–H groups in total. The Balaban J connectivity index is 1.43. The number of carbonyl (C=O) groups excluding carboxylic acids is 1. The molecule has 1 fully saturated rings. The van der Waals surface area contributed by atoms with Gasteiger partial charge in [-0.1, -0.05) is 18.6 Å². The fraction of sp³-hybridized carbons (Fsp3) is 0.417. The van der Waals surface area contributed by atoms with E-state index < -0.39 is 0 Å². The second-order valence-electron chi connectivity index (χ2n) is 8.11. The van der Waals surface area contributed by atoms with Gasteiger partial charge in [0.15, 0.2) is 5.76 Å². The van der Waals surface area contributed by atoms with Crippen LogP contribution in [0.5, 0.6) is 5.75 Å². The lowest BCUT2D eigenvalue weighted by molar-refractivity contribution is 0.0992. The van der Waals surface area contributed by atoms with Crippen LogP contribution < -0.4 is 10.1 Å². The molecule has 0 spiro atoms. The highest BCUT2D eigenvalue weighted by Crippen LogP contribution is 2.23. The lowest BCUT2D eigenvalue weighted by atomic mass is 10.1. The van der Waals surface area contributed by atoms with E-state index in [2.05, 4.69) is 15.3 Å². The van der Waals surface area contributed by atoms with Gasteiger partial charge < -0.3 is 14.5 Å². The van der Waals surface area contributed by atoms with E-state index in [0.717, 1.165) is 53.8 Å². The van der Waals surface area contributed by atoms with Crippen molar-refractivity contribution in [3.05, 3.63) is 64.9 Å². The smallest absolute Gasteiger partial charge is 0.291 e. The summed E-state index contributed by atoms with van der Waals surface area (Å²) in [6.45, 7) is 7.39. The molecule has 4 rings (SSSR count). The van der Waals surface area contributed by atoms with E-state index >= 15 is 0 Å². The van der Waals surface area contributed by atoms with E-state index in [0.29, 0.717) is 12.3 Å². The number of furan rings is 1. The molecule has 2 aromatic heterocycles. The van der Waals surface area contributed by atoms with Crippen LogP contribution in [0.1, 0.15) is 52.5 Å². The second kappa shape index (κ2) is 9.39. The van der Waals surface area contributed by atoms with Crippen LogP contribution >= 0.6 is 0 Å². The molecule has 0 atom stereocenters. The minimum Gasteiger partial charge on any atom is -0.497 e. The third-order valence-corrected chi connectivity index (χ3v) is 5.80. The third kappa shape index (κ3) is 4.99. The number of methoxy groups -OCH3 is 1. The molecule has 164 valence electrons. The summed E-state index contributed by atoms with van der Waals surface area (Å²) >= 11 is 0. The predicted molar refractivity (Wildman–Crippen MR) is 120 cm³/mol. The SMILES string of the molecule is COc1cccc(Cn2nc(C)c(NC(=O)c3ccc(CN4CCCCC4)o3)c2C)c1. The van der Waals surface area contributed by atoms with Crippen LogP contribution in [0.15, 0.2) is 40.8 Å². The van der Waals surface area contributed by atoms with Crippen LogP contribution in [0.4, 0.5) is 5.69 Å². The summed E-state index contributed by atoms with van der Waals surface area (Å²) in [6.07, 6.45) is 3.76. The summed E-state index contributed by atoms with van der Waals surface area (Å²) < 4.78 is 13.0. The lowest BCUT2D eigenvalue weighted by Crippen LogP contribution is -2.28. The molecular weight excluding hydrogens is 392 g/mol. The monoisotopic (exact) mass is 422 g/mol. The van der Waals surface area contributed by atoms with Gasteiger partial charge in [-0.05, 0) is 69.6 Å². The molecule has 1 aliphatic heterocycles. The van der Waals surface area contributed by atoms with Crippen molar-refractivity contribution in [3.63, 3.8) is 0 Å². The van der Waals surface area contributed by atoms with Crippen LogP contribution in [0.3, 0.4) is 0 Å². The highest BCUT2D eigenvalue weighted by molar-refractivity contribution is 6.02. The zero-order chi connectivity index (χ0) is 21.8. The minimum absolute atomic E-state index is 0.253. The number of amides is 1. The minimum atomic E-state index is -0.253. The van der Waals surface area contributed by atoms with E-state index in [4.69, 9.17) is 9.15 Å². The van der Waals surface area contributed by atoms with Gasteiger partial charge in [-0.3, -0.25) is 14.4 Å². The number of nitrogens with zero attached hydrogens (tertiary/aromatic N) is 3. The Hall–Kier alpha value is -3.06. The van der Waals surface area contributed by atoms with Gasteiger partial charge in [-0.15, -0.1) is 0 Å². The van der Waals surface area contributed by atoms with Crippen molar-refractivity contribution in [1.29, 1.82) is 0 Å². The molecule has 7 heteroatoms. The van der Waals surface area contributed by atoms with Gasteiger partial charge in [-0.25, -0.2) is 0 Å². The number of ether oxygens (including phenoxy) is 1. The van der Waals surface area contributed by atoms with Crippen LogP contribution in [-0.2, 0) is 13.1 Å². The van der Waals surface area contributed by atoms with Crippen molar-refractivity contribution in [2.75, 3.05) is 25.5 Å². The molecule has 1 saturated heterocycles. The first kappa shape index (κ1) is 21.2. The molecule has 1 amide bonds. The first-order valence-electron chi connectivity index (χ1n) is 10.8. The van der Waals surface area contributed by atoms with Gasteiger partial charge in [0.05, 0.1) is 37.3 Å². The topological polar surface area (TPSA) is 72.5 Å². The number of aromatic nitrogens is 2. The Labute approximate surface area is 183 Å². The van der Waals surface area contributed by atoms with Gasteiger partial charge in [0.1, 0.15) is 11.5 Å². The van der Waals surface area contributed by atoms with Gasteiger partial charge in [0, 0.05) is 0 Å². The van der Waals surface area contributed by atoms with E-state index in [9.17, 15) is 4.79 Å². The van der Waals surface area contributed by atoms with Gasteiger partial charge >= 0.3 is 0 Å². The lowest BCUT2D eigenvalue weighted by Gasteiger charge is -2.25. The Bertz CT molecular complexity index is 1050. The molecule has 0 saturated carbocycles. The number of nitrogens with one attached hydrogen (secondary N) is 1.